The summed E-state index contributed by atoms with van der Waals surface area (Å²) in [7, 11) is 1.93. The van der Waals surface area contributed by atoms with Crippen LogP contribution in [0.3, 0.4) is 0 Å². The number of hydrazine groups is 1. The average Bonchev–Trinajstić information content (AvgIpc) is 2.77. The number of benzene rings is 1. The molecule has 0 aliphatic carbocycles. The van der Waals surface area contributed by atoms with Gasteiger partial charge in [0.1, 0.15) is 0 Å². The van der Waals surface area contributed by atoms with Crippen molar-refractivity contribution in [3.8, 4) is 0 Å². The van der Waals surface area contributed by atoms with Crippen LogP contribution in [-0.2, 0) is 19.9 Å². The zero-order chi connectivity index (χ0) is 13.8. The van der Waals surface area contributed by atoms with Crippen LogP contribution in [0.4, 0.5) is 0 Å². The van der Waals surface area contributed by atoms with Gasteiger partial charge in [-0.25, -0.2) is 0 Å². The molecular formula is C14H19ClN4. The first-order valence-electron chi connectivity index (χ1n) is 6.37. The maximum absolute atomic E-state index is 6.01. The van der Waals surface area contributed by atoms with Crippen LogP contribution in [0.5, 0.6) is 0 Å². The Bertz CT molecular complexity index is 550. The molecule has 2 aromatic rings. The lowest BCUT2D eigenvalue weighted by molar-refractivity contribution is 0.547. The van der Waals surface area contributed by atoms with E-state index in [1.807, 2.05) is 36.1 Å². The molecule has 0 saturated carbocycles. The van der Waals surface area contributed by atoms with Crippen LogP contribution in [-0.4, -0.2) is 9.78 Å². The number of nitrogens with one attached hydrogen (secondary N) is 1. The summed E-state index contributed by atoms with van der Waals surface area (Å²) in [5.41, 5.74) is 6.25. The lowest BCUT2D eigenvalue weighted by Gasteiger charge is -2.16. The first kappa shape index (κ1) is 14.1. The molecular weight excluding hydrogens is 260 g/mol. The fraction of sp³-hybridized carbons (Fsp3) is 0.357. The standard InChI is InChI=1S/C14H19ClN4/c1-3-13-12(9-19(2)18-13)14(17-16)8-10-5-4-6-11(15)7-10/h4-7,9,14,17H,3,8,16H2,1-2H3. The van der Waals surface area contributed by atoms with E-state index in [1.54, 1.807) is 0 Å². The molecule has 5 heteroatoms. The third-order valence-electron chi connectivity index (χ3n) is 3.18. The summed E-state index contributed by atoms with van der Waals surface area (Å²) in [6, 6.07) is 7.89. The molecule has 0 aliphatic heterocycles. The highest BCUT2D eigenvalue weighted by molar-refractivity contribution is 6.30. The fourth-order valence-electron chi connectivity index (χ4n) is 2.28. The summed E-state index contributed by atoms with van der Waals surface area (Å²) in [6.07, 6.45) is 3.70. The van der Waals surface area contributed by atoms with Crippen LogP contribution in [0.1, 0.15) is 29.8 Å². The van der Waals surface area contributed by atoms with Gasteiger partial charge in [-0.2, -0.15) is 5.10 Å². The largest absolute Gasteiger partial charge is 0.275 e. The molecule has 102 valence electrons. The number of nitrogens with two attached hydrogens (primary N) is 1. The molecule has 1 heterocycles. The Kier molecular flexibility index (Phi) is 4.58. The monoisotopic (exact) mass is 278 g/mol. The molecule has 19 heavy (non-hydrogen) atoms. The first-order valence-corrected chi connectivity index (χ1v) is 6.74. The Morgan fingerprint density at radius 3 is 2.89 bits per heavy atom. The average molecular weight is 279 g/mol. The maximum atomic E-state index is 6.01. The highest BCUT2D eigenvalue weighted by Gasteiger charge is 2.17. The smallest absolute Gasteiger partial charge is 0.0670 e. The minimum Gasteiger partial charge on any atom is -0.275 e. The van der Waals surface area contributed by atoms with Gasteiger partial charge in [0.25, 0.3) is 0 Å². The Morgan fingerprint density at radius 1 is 1.47 bits per heavy atom. The summed E-state index contributed by atoms with van der Waals surface area (Å²) in [6.45, 7) is 2.10. The zero-order valence-electron chi connectivity index (χ0n) is 11.2. The van der Waals surface area contributed by atoms with Crippen molar-refractivity contribution in [3.05, 3.63) is 52.3 Å². The first-order chi connectivity index (χ1) is 9.13. The molecule has 3 N–H and O–H groups in total. The summed E-state index contributed by atoms with van der Waals surface area (Å²) < 4.78 is 1.83. The number of aryl methyl sites for hydroxylation is 2. The van der Waals surface area contributed by atoms with E-state index in [-0.39, 0.29) is 6.04 Å². The van der Waals surface area contributed by atoms with Crippen LogP contribution in [0.2, 0.25) is 5.02 Å². The van der Waals surface area contributed by atoms with Crippen LogP contribution >= 0.6 is 11.6 Å². The molecule has 0 fully saturated rings. The number of nitrogens with zero attached hydrogens (tertiary/aromatic N) is 2. The van der Waals surface area contributed by atoms with Crippen molar-refractivity contribution in [3.63, 3.8) is 0 Å². The SMILES string of the molecule is CCc1nn(C)cc1C(Cc1cccc(Cl)c1)NN. The number of hydrogen-bond acceptors (Lipinski definition) is 3. The van der Waals surface area contributed by atoms with E-state index in [0.29, 0.717) is 0 Å². The van der Waals surface area contributed by atoms with Gasteiger partial charge in [-0.05, 0) is 30.5 Å². The van der Waals surface area contributed by atoms with Crippen molar-refractivity contribution < 1.29 is 0 Å². The maximum Gasteiger partial charge on any atom is 0.0670 e. The summed E-state index contributed by atoms with van der Waals surface area (Å²) in [5, 5.41) is 5.20. The van der Waals surface area contributed by atoms with E-state index in [2.05, 4.69) is 23.5 Å². The highest BCUT2D eigenvalue weighted by atomic mass is 35.5. The van der Waals surface area contributed by atoms with Gasteiger partial charge in [-0.1, -0.05) is 30.7 Å². The van der Waals surface area contributed by atoms with E-state index in [1.165, 1.54) is 0 Å². The van der Waals surface area contributed by atoms with Crippen molar-refractivity contribution in [2.75, 3.05) is 0 Å². The van der Waals surface area contributed by atoms with Crippen molar-refractivity contribution in [2.24, 2.45) is 12.9 Å². The lowest BCUT2D eigenvalue weighted by atomic mass is 9.99. The Labute approximate surface area is 118 Å². The molecule has 0 spiro atoms. The summed E-state index contributed by atoms with van der Waals surface area (Å²) in [4.78, 5) is 0. The van der Waals surface area contributed by atoms with Crippen LogP contribution < -0.4 is 11.3 Å². The Morgan fingerprint density at radius 2 is 2.26 bits per heavy atom. The molecule has 4 nitrogen and oxygen atoms in total. The minimum absolute atomic E-state index is 0.0436. The lowest BCUT2D eigenvalue weighted by Crippen LogP contribution is -2.30. The second kappa shape index (κ2) is 6.19. The van der Waals surface area contributed by atoms with Crippen molar-refractivity contribution in [1.82, 2.24) is 15.2 Å². The van der Waals surface area contributed by atoms with E-state index >= 15 is 0 Å². The molecule has 0 aliphatic rings. The third kappa shape index (κ3) is 3.35. The van der Waals surface area contributed by atoms with E-state index in [4.69, 9.17) is 17.4 Å². The normalized spacial score (nSPS) is 12.6. The predicted molar refractivity (Wildman–Crippen MR) is 77.8 cm³/mol. The number of aromatic nitrogens is 2. The van der Waals surface area contributed by atoms with Gasteiger partial charge in [-0.15, -0.1) is 0 Å². The van der Waals surface area contributed by atoms with Crippen LogP contribution in [0.15, 0.2) is 30.5 Å². The quantitative estimate of drug-likeness (QED) is 0.652. The van der Waals surface area contributed by atoms with Crippen molar-refractivity contribution in [1.29, 1.82) is 0 Å². The molecule has 1 atom stereocenters. The topological polar surface area (TPSA) is 55.9 Å². The molecule has 0 amide bonds. The number of hydrogen-bond donors (Lipinski definition) is 2. The second-order valence-electron chi connectivity index (χ2n) is 4.61. The number of halogens is 1. The number of rotatable bonds is 5. The predicted octanol–water partition coefficient (Wildman–Crippen LogP) is 2.38. The summed E-state index contributed by atoms with van der Waals surface area (Å²) in [5.74, 6) is 5.70. The third-order valence-corrected chi connectivity index (χ3v) is 3.41. The van der Waals surface area contributed by atoms with Gasteiger partial charge in [0.05, 0.1) is 11.7 Å². The van der Waals surface area contributed by atoms with Crippen LogP contribution in [0.25, 0.3) is 0 Å². The molecule has 0 radical (unpaired) electrons. The molecule has 2 rings (SSSR count). The Hall–Kier alpha value is -1.36. The van der Waals surface area contributed by atoms with E-state index in [0.717, 1.165) is 34.7 Å². The fourth-order valence-corrected chi connectivity index (χ4v) is 2.49. The van der Waals surface area contributed by atoms with Gasteiger partial charge >= 0.3 is 0 Å². The van der Waals surface area contributed by atoms with Gasteiger partial charge in [0.15, 0.2) is 0 Å². The van der Waals surface area contributed by atoms with Crippen molar-refractivity contribution in [2.45, 2.75) is 25.8 Å². The van der Waals surface area contributed by atoms with Gasteiger partial charge in [-0.3, -0.25) is 16.0 Å². The van der Waals surface area contributed by atoms with Crippen molar-refractivity contribution >= 4 is 11.6 Å². The zero-order valence-corrected chi connectivity index (χ0v) is 12.0. The Balaban J connectivity index is 2.24. The molecule has 1 unspecified atom stereocenters. The van der Waals surface area contributed by atoms with Gasteiger partial charge in [0.2, 0.25) is 0 Å². The molecule has 1 aromatic carbocycles. The molecule has 0 saturated heterocycles. The van der Waals surface area contributed by atoms with Gasteiger partial charge in [0, 0.05) is 23.8 Å². The second-order valence-corrected chi connectivity index (χ2v) is 5.05. The van der Waals surface area contributed by atoms with E-state index < -0.39 is 0 Å². The minimum atomic E-state index is 0.0436. The van der Waals surface area contributed by atoms with E-state index in [9.17, 15) is 0 Å². The van der Waals surface area contributed by atoms with Gasteiger partial charge < -0.3 is 0 Å². The summed E-state index contributed by atoms with van der Waals surface area (Å²) >= 11 is 6.01. The molecule has 0 bridgehead atoms. The highest BCUT2D eigenvalue weighted by Crippen LogP contribution is 2.22. The van der Waals surface area contributed by atoms with Crippen LogP contribution in [0, 0.1) is 0 Å². The molecule has 1 aromatic heterocycles.